The van der Waals surface area contributed by atoms with E-state index < -0.39 is 10.0 Å². The van der Waals surface area contributed by atoms with E-state index in [1.54, 1.807) is 11.0 Å². The minimum Gasteiger partial charge on any atom is -0.347 e. The molecule has 1 aromatic heterocycles. The van der Waals surface area contributed by atoms with Crippen molar-refractivity contribution in [1.82, 2.24) is 14.7 Å². The van der Waals surface area contributed by atoms with Crippen molar-refractivity contribution in [2.24, 2.45) is 0 Å². The van der Waals surface area contributed by atoms with Gasteiger partial charge >= 0.3 is 0 Å². The largest absolute Gasteiger partial charge is 0.347 e. The van der Waals surface area contributed by atoms with Crippen LogP contribution in [-0.2, 0) is 16.6 Å². The minimum atomic E-state index is -3.66. The van der Waals surface area contributed by atoms with Gasteiger partial charge in [-0.3, -0.25) is 0 Å². The Labute approximate surface area is 135 Å². The standard InChI is InChI=1S/C15H17N5O2S/c1-11-8-13(19-15(18-11)20(2)3)10-17-23(21,22)14-6-4-12(9-16)5-7-14/h4-8,17H,10H2,1-3H3. The van der Waals surface area contributed by atoms with Crippen LogP contribution in [0.1, 0.15) is 17.0 Å². The maximum atomic E-state index is 12.3. The number of aromatic nitrogens is 2. The zero-order chi connectivity index (χ0) is 17.0. The Hall–Kier alpha value is -2.50. The quantitative estimate of drug-likeness (QED) is 0.884. The van der Waals surface area contributed by atoms with Crippen LogP contribution >= 0.6 is 0 Å². The number of benzene rings is 1. The van der Waals surface area contributed by atoms with E-state index in [0.29, 0.717) is 17.2 Å². The van der Waals surface area contributed by atoms with Crippen molar-refractivity contribution in [3.8, 4) is 6.07 Å². The number of nitriles is 1. The zero-order valence-electron chi connectivity index (χ0n) is 13.1. The highest BCUT2D eigenvalue weighted by Crippen LogP contribution is 2.12. The van der Waals surface area contributed by atoms with Gasteiger partial charge in [0.05, 0.1) is 28.8 Å². The Bertz CT molecular complexity index is 839. The summed E-state index contributed by atoms with van der Waals surface area (Å²) in [6.07, 6.45) is 0. The molecule has 1 heterocycles. The summed E-state index contributed by atoms with van der Waals surface area (Å²) in [6, 6.07) is 9.41. The Morgan fingerprint density at radius 1 is 1.22 bits per heavy atom. The third-order valence-corrected chi connectivity index (χ3v) is 4.45. The van der Waals surface area contributed by atoms with E-state index >= 15 is 0 Å². The van der Waals surface area contributed by atoms with Gasteiger partial charge in [-0.05, 0) is 37.3 Å². The molecule has 0 fully saturated rings. The Kier molecular flexibility index (Phi) is 4.93. The van der Waals surface area contributed by atoms with Crippen molar-refractivity contribution < 1.29 is 8.42 Å². The molecule has 0 spiro atoms. The van der Waals surface area contributed by atoms with Crippen molar-refractivity contribution >= 4 is 16.0 Å². The molecule has 0 aliphatic carbocycles. The Balaban J connectivity index is 2.17. The van der Waals surface area contributed by atoms with Crippen molar-refractivity contribution in [2.45, 2.75) is 18.4 Å². The predicted molar refractivity (Wildman–Crippen MR) is 86.3 cm³/mol. The number of anilines is 1. The first-order chi connectivity index (χ1) is 10.8. The summed E-state index contributed by atoms with van der Waals surface area (Å²) in [4.78, 5) is 10.4. The average Bonchev–Trinajstić information content (AvgIpc) is 2.52. The molecule has 0 atom stereocenters. The van der Waals surface area contributed by atoms with E-state index in [1.165, 1.54) is 24.3 Å². The first-order valence-corrected chi connectivity index (χ1v) is 8.32. The fraction of sp³-hybridized carbons (Fsp3) is 0.267. The predicted octanol–water partition coefficient (Wildman–Crippen LogP) is 1.20. The van der Waals surface area contributed by atoms with Crippen LogP contribution in [-0.4, -0.2) is 32.5 Å². The molecule has 7 nitrogen and oxygen atoms in total. The second-order valence-electron chi connectivity index (χ2n) is 5.16. The van der Waals surface area contributed by atoms with E-state index in [1.807, 2.05) is 27.1 Å². The summed E-state index contributed by atoms with van der Waals surface area (Å²) in [5.74, 6) is 0.526. The number of rotatable bonds is 5. The lowest BCUT2D eigenvalue weighted by Crippen LogP contribution is -2.24. The lowest BCUT2D eigenvalue weighted by atomic mass is 10.2. The Morgan fingerprint density at radius 3 is 2.43 bits per heavy atom. The molecule has 0 amide bonds. The van der Waals surface area contributed by atoms with Gasteiger partial charge in [0.1, 0.15) is 0 Å². The fourth-order valence-corrected chi connectivity index (χ4v) is 2.87. The number of sulfonamides is 1. The zero-order valence-corrected chi connectivity index (χ0v) is 13.9. The van der Waals surface area contributed by atoms with Gasteiger partial charge in [0.25, 0.3) is 0 Å². The minimum absolute atomic E-state index is 0.0620. The van der Waals surface area contributed by atoms with Gasteiger partial charge in [0, 0.05) is 19.8 Å². The van der Waals surface area contributed by atoms with Crippen LogP contribution in [0.4, 0.5) is 5.95 Å². The summed E-state index contributed by atoms with van der Waals surface area (Å²) in [6.45, 7) is 1.89. The van der Waals surface area contributed by atoms with E-state index in [-0.39, 0.29) is 11.4 Å². The van der Waals surface area contributed by atoms with Crippen LogP contribution in [0, 0.1) is 18.3 Å². The molecular formula is C15H17N5O2S. The molecule has 0 saturated heterocycles. The molecular weight excluding hydrogens is 314 g/mol. The molecule has 0 aliphatic heterocycles. The van der Waals surface area contributed by atoms with Crippen LogP contribution in [0.15, 0.2) is 35.2 Å². The number of hydrogen-bond acceptors (Lipinski definition) is 6. The van der Waals surface area contributed by atoms with E-state index in [2.05, 4.69) is 14.7 Å². The summed E-state index contributed by atoms with van der Waals surface area (Å²) in [7, 11) is -0.0250. The number of hydrogen-bond donors (Lipinski definition) is 1. The van der Waals surface area contributed by atoms with Gasteiger partial charge in [0.15, 0.2) is 0 Å². The van der Waals surface area contributed by atoms with Gasteiger partial charge in [0.2, 0.25) is 16.0 Å². The van der Waals surface area contributed by atoms with Gasteiger partial charge in [-0.1, -0.05) is 0 Å². The SMILES string of the molecule is Cc1cc(CNS(=O)(=O)c2ccc(C#N)cc2)nc(N(C)C)n1. The van der Waals surface area contributed by atoms with Crippen molar-refractivity contribution in [2.75, 3.05) is 19.0 Å². The summed E-state index contributed by atoms with van der Waals surface area (Å²) >= 11 is 0. The summed E-state index contributed by atoms with van der Waals surface area (Å²) in [5.41, 5.74) is 1.75. The summed E-state index contributed by atoms with van der Waals surface area (Å²) in [5, 5.41) is 8.75. The average molecular weight is 331 g/mol. The third-order valence-electron chi connectivity index (χ3n) is 3.03. The monoisotopic (exact) mass is 331 g/mol. The van der Waals surface area contributed by atoms with E-state index in [4.69, 9.17) is 5.26 Å². The highest BCUT2D eigenvalue weighted by Gasteiger charge is 2.14. The van der Waals surface area contributed by atoms with E-state index in [0.717, 1.165) is 5.69 Å². The molecule has 0 unspecified atom stereocenters. The smallest absolute Gasteiger partial charge is 0.240 e. The van der Waals surface area contributed by atoms with Crippen molar-refractivity contribution in [3.63, 3.8) is 0 Å². The molecule has 8 heteroatoms. The van der Waals surface area contributed by atoms with Gasteiger partial charge in [-0.25, -0.2) is 23.1 Å². The van der Waals surface area contributed by atoms with Gasteiger partial charge in [-0.2, -0.15) is 5.26 Å². The van der Waals surface area contributed by atoms with Crippen LogP contribution < -0.4 is 9.62 Å². The molecule has 2 aromatic rings. The molecule has 120 valence electrons. The van der Waals surface area contributed by atoms with Gasteiger partial charge in [-0.15, -0.1) is 0 Å². The van der Waals surface area contributed by atoms with E-state index in [9.17, 15) is 8.42 Å². The second-order valence-corrected chi connectivity index (χ2v) is 6.92. The first-order valence-electron chi connectivity index (χ1n) is 6.83. The second kappa shape index (κ2) is 6.73. The third kappa shape index (κ3) is 4.25. The maximum absolute atomic E-state index is 12.3. The first kappa shape index (κ1) is 16.9. The van der Waals surface area contributed by atoms with Crippen LogP contribution in [0.3, 0.4) is 0 Å². The highest BCUT2D eigenvalue weighted by atomic mass is 32.2. The molecule has 0 saturated carbocycles. The van der Waals surface area contributed by atoms with Crippen LogP contribution in [0.25, 0.3) is 0 Å². The fourth-order valence-electron chi connectivity index (χ4n) is 1.87. The topological polar surface area (TPSA) is 99.0 Å². The van der Waals surface area contributed by atoms with Gasteiger partial charge < -0.3 is 4.90 Å². The molecule has 2 rings (SSSR count). The normalized spacial score (nSPS) is 11.0. The Morgan fingerprint density at radius 2 is 1.87 bits per heavy atom. The van der Waals surface area contributed by atoms with Crippen LogP contribution in [0.5, 0.6) is 0 Å². The molecule has 0 aliphatic rings. The lowest BCUT2D eigenvalue weighted by molar-refractivity contribution is 0.580. The molecule has 1 N–H and O–H groups in total. The number of aryl methyl sites for hydroxylation is 1. The molecule has 0 bridgehead atoms. The molecule has 1 aromatic carbocycles. The van der Waals surface area contributed by atoms with Crippen LogP contribution in [0.2, 0.25) is 0 Å². The molecule has 0 radical (unpaired) electrons. The van der Waals surface area contributed by atoms with Crippen molar-refractivity contribution in [3.05, 3.63) is 47.3 Å². The summed E-state index contributed by atoms with van der Waals surface area (Å²) < 4.78 is 27.0. The number of nitrogens with zero attached hydrogens (tertiary/aromatic N) is 4. The van der Waals surface area contributed by atoms with Crippen molar-refractivity contribution in [1.29, 1.82) is 5.26 Å². The maximum Gasteiger partial charge on any atom is 0.240 e. The lowest BCUT2D eigenvalue weighted by Gasteiger charge is -2.13. The highest BCUT2D eigenvalue weighted by molar-refractivity contribution is 7.89. The molecule has 23 heavy (non-hydrogen) atoms. The number of nitrogens with one attached hydrogen (secondary N) is 1.